The highest BCUT2D eigenvalue weighted by Crippen LogP contribution is 2.34. The van der Waals surface area contributed by atoms with Gasteiger partial charge in [0, 0.05) is 6.07 Å². The first-order valence-corrected chi connectivity index (χ1v) is 8.25. The van der Waals surface area contributed by atoms with E-state index in [9.17, 15) is 0 Å². The van der Waals surface area contributed by atoms with E-state index in [1.54, 1.807) is 6.07 Å². The Morgan fingerprint density at radius 3 is 1.50 bits per heavy atom. The zero-order valence-electron chi connectivity index (χ0n) is 13.3. The molecule has 3 rings (SSSR count). The van der Waals surface area contributed by atoms with Gasteiger partial charge in [-0.25, -0.2) is 0 Å². The molecule has 0 heterocycles. The van der Waals surface area contributed by atoms with Crippen molar-refractivity contribution < 1.29 is 9.47 Å². The molecule has 0 unspecified atom stereocenters. The molecule has 3 aromatic carbocycles. The Hall–Kier alpha value is -2.16. The van der Waals surface area contributed by atoms with Crippen LogP contribution in [0.25, 0.3) is 0 Å². The minimum absolute atomic E-state index is 0.572. The zero-order chi connectivity index (χ0) is 17.1. The van der Waals surface area contributed by atoms with Crippen molar-refractivity contribution >= 4 is 23.2 Å². The van der Waals surface area contributed by atoms with Gasteiger partial charge in [-0.1, -0.05) is 41.4 Å². The Labute approximate surface area is 151 Å². The van der Waals surface area contributed by atoms with E-state index in [0.717, 1.165) is 11.1 Å². The molecular formula is C20H16Cl2O2. The average Bonchev–Trinajstić information content (AvgIpc) is 2.53. The van der Waals surface area contributed by atoms with E-state index in [2.05, 4.69) is 0 Å². The molecule has 0 atom stereocenters. The van der Waals surface area contributed by atoms with Gasteiger partial charge >= 0.3 is 0 Å². The first-order chi connectivity index (χ1) is 11.5. The minimum atomic E-state index is 0.572. The van der Waals surface area contributed by atoms with Crippen LogP contribution in [0.3, 0.4) is 0 Å². The fourth-order valence-corrected chi connectivity index (χ4v) is 2.78. The van der Waals surface area contributed by atoms with Crippen LogP contribution in [0.1, 0.15) is 11.1 Å². The molecular weight excluding hydrogens is 343 g/mol. The van der Waals surface area contributed by atoms with Crippen LogP contribution < -0.4 is 9.47 Å². The van der Waals surface area contributed by atoms with Gasteiger partial charge in [-0.2, -0.15) is 0 Å². The molecule has 0 aliphatic carbocycles. The van der Waals surface area contributed by atoms with Crippen LogP contribution in [0.4, 0.5) is 0 Å². The minimum Gasteiger partial charge on any atom is -0.456 e. The van der Waals surface area contributed by atoms with Crippen molar-refractivity contribution in [3.8, 4) is 23.0 Å². The molecule has 24 heavy (non-hydrogen) atoms. The van der Waals surface area contributed by atoms with Gasteiger partial charge < -0.3 is 9.47 Å². The summed E-state index contributed by atoms with van der Waals surface area (Å²) in [5, 5.41) is 1.14. The topological polar surface area (TPSA) is 18.5 Å². The summed E-state index contributed by atoms with van der Waals surface area (Å²) < 4.78 is 11.7. The van der Waals surface area contributed by atoms with Crippen molar-refractivity contribution in [3.63, 3.8) is 0 Å². The van der Waals surface area contributed by atoms with Crippen LogP contribution in [0.2, 0.25) is 10.0 Å². The highest BCUT2D eigenvalue weighted by Gasteiger charge is 2.07. The number of halogens is 2. The van der Waals surface area contributed by atoms with E-state index in [4.69, 9.17) is 32.7 Å². The standard InChI is InChI=1S/C20H16Cl2O2/c1-13-6-8-19(17(21)10-13)23-15-4-3-5-16(12-15)24-20-9-7-14(2)11-18(20)22/h3-12H,1-2H3. The number of hydrogen-bond acceptors (Lipinski definition) is 2. The Morgan fingerprint density at radius 2 is 1.08 bits per heavy atom. The highest BCUT2D eigenvalue weighted by molar-refractivity contribution is 6.32. The van der Waals surface area contributed by atoms with Crippen LogP contribution in [0.15, 0.2) is 60.7 Å². The zero-order valence-corrected chi connectivity index (χ0v) is 14.9. The summed E-state index contributed by atoms with van der Waals surface area (Å²) in [5.74, 6) is 2.49. The molecule has 3 aromatic rings. The average molecular weight is 359 g/mol. The largest absolute Gasteiger partial charge is 0.456 e. The van der Waals surface area contributed by atoms with E-state index in [1.165, 1.54) is 0 Å². The second kappa shape index (κ2) is 7.16. The highest BCUT2D eigenvalue weighted by atomic mass is 35.5. The molecule has 0 spiro atoms. The van der Waals surface area contributed by atoms with E-state index < -0.39 is 0 Å². The van der Waals surface area contributed by atoms with E-state index in [1.807, 2.05) is 68.4 Å². The third kappa shape index (κ3) is 4.02. The quantitative estimate of drug-likeness (QED) is 0.491. The molecule has 122 valence electrons. The molecule has 0 radical (unpaired) electrons. The first kappa shape index (κ1) is 16.7. The number of aryl methyl sites for hydroxylation is 2. The van der Waals surface area contributed by atoms with Gasteiger partial charge in [0.05, 0.1) is 10.0 Å². The molecule has 0 N–H and O–H groups in total. The lowest BCUT2D eigenvalue weighted by Crippen LogP contribution is -1.89. The Kier molecular flexibility index (Phi) is 4.98. The summed E-state index contributed by atoms with van der Waals surface area (Å²) in [6.45, 7) is 3.96. The van der Waals surface area contributed by atoms with Crippen LogP contribution in [0, 0.1) is 13.8 Å². The van der Waals surface area contributed by atoms with Crippen LogP contribution in [-0.4, -0.2) is 0 Å². The molecule has 2 nitrogen and oxygen atoms in total. The SMILES string of the molecule is Cc1ccc(Oc2cccc(Oc3ccc(C)cc3Cl)c2)c(Cl)c1. The van der Waals surface area contributed by atoms with Crippen molar-refractivity contribution in [2.45, 2.75) is 13.8 Å². The van der Waals surface area contributed by atoms with Gasteiger partial charge in [0.2, 0.25) is 0 Å². The van der Waals surface area contributed by atoms with Gasteiger partial charge in [0.1, 0.15) is 23.0 Å². The summed E-state index contributed by atoms with van der Waals surface area (Å²) in [6, 6.07) is 18.7. The molecule has 0 aromatic heterocycles. The third-order valence-electron chi connectivity index (χ3n) is 3.44. The van der Waals surface area contributed by atoms with E-state index in [0.29, 0.717) is 33.0 Å². The maximum atomic E-state index is 6.21. The van der Waals surface area contributed by atoms with Gasteiger partial charge in [0.15, 0.2) is 0 Å². The Balaban J connectivity index is 1.81. The summed E-state index contributed by atoms with van der Waals surface area (Å²) in [4.78, 5) is 0. The van der Waals surface area contributed by atoms with Crippen molar-refractivity contribution in [1.82, 2.24) is 0 Å². The van der Waals surface area contributed by atoms with E-state index >= 15 is 0 Å². The monoisotopic (exact) mass is 358 g/mol. The van der Waals surface area contributed by atoms with Gasteiger partial charge in [-0.15, -0.1) is 0 Å². The molecule has 0 saturated heterocycles. The number of ether oxygens (including phenoxy) is 2. The summed E-state index contributed by atoms with van der Waals surface area (Å²) in [7, 11) is 0. The first-order valence-electron chi connectivity index (χ1n) is 7.49. The molecule has 0 fully saturated rings. The number of benzene rings is 3. The lowest BCUT2D eigenvalue weighted by molar-refractivity contribution is 0.460. The molecule has 0 amide bonds. The number of rotatable bonds is 4. The summed E-state index contributed by atoms with van der Waals surface area (Å²) >= 11 is 12.4. The fraction of sp³-hybridized carbons (Fsp3) is 0.100. The van der Waals surface area contributed by atoms with Crippen molar-refractivity contribution in [1.29, 1.82) is 0 Å². The fourth-order valence-electron chi connectivity index (χ4n) is 2.23. The second-order valence-corrected chi connectivity index (χ2v) is 6.36. The lowest BCUT2D eigenvalue weighted by atomic mass is 10.2. The van der Waals surface area contributed by atoms with E-state index in [-0.39, 0.29) is 0 Å². The normalized spacial score (nSPS) is 10.5. The lowest BCUT2D eigenvalue weighted by Gasteiger charge is -2.11. The molecule has 4 heteroatoms. The molecule has 0 aliphatic heterocycles. The number of hydrogen-bond donors (Lipinski definition) is 0. The molecule has 0 saturated carbocycles. The summed E-state index contributed by atoms with van der Waals surface area (Å²) in [6.07, 6.45) is 0. The van der Waals surface area contributed by atoms with Gasteiger partial charge in [-0.3, -0.25) is 0 Å². The predicted molar refractivity (Wildman–Crippen MR) is 99.0 cm³/mol. The second-order valence-electron chi connectivity index (χ2n) is 5.55. The maximum Gasteiger partial charge on any atom is 0.146 e. The Bertz CT molecular complexity index is 807. The smallest absolute Gasteiger partial charge is 0.146 e. The third-order valence-corrected chi connectivity index (χ3v) is 4.03. The molecule has 0 bridgehead atoms. The van der Waals surface area contributed by atoms with Crippen molar-refractivity contribution in [2.24, 2.45) is 0 Å². The van der Waals surface area contributed by atoms with Crippen molar-refractivity contribution in [3.05, 3.63) is 81.8 Å². The van der Waals surface area contributed by atoms with Gasteiger partial charge in [-0.05, 0) is 61.4 Å². The maximum absolute atomic E-state index is 6.21. The summed E-state index contributed by atoms with van der Waals surface area (Å²) in [5.41, 5.74) is 2.16. The van der Waals surface area contributed by atoms with Crippen LogP contribution in [0.5, 0.6) is 23.0 Å². The van der Waals surface area contributed by atoms with Crippen LogP contribution >= 0.6 is 23.2 Å². The van der Waals surface area contributed by atoms with Crippen molar-refractivity contribution in [2.75, 3.05) is 0 Å². The predicted octanol–water partition coefficient (Wildman–Crippen LogP) is 7.19. The van der Waals surface area contributed by atoms with Crippen LogP contribution in [-0.2, 0) is 0 Å². The molecule has 0 aliphatic rings. The van der Waals surface area contributed by atoms with Gasteiger partial charge in [0.25, 0.3) is 0 Å². The Morgan fingerprint density at radius 1 is 0.625 bits per heavy atom.